The number of hydrogen-bond donors (Lipinski definition) is 0. The summed E-state index contributed by atoms with van der Waals surface area (Å²) in [5, 5.41) is 15.6. The van der Waals surface area contributed by atoms with Crippen molar-refractivity contribution in [1.82, 2.24) is 9.55 Å². The Labute approximate surface area is 211 Å². The van der Waals surface area contributed by atoms with Crippen molar-refractivity contribution in [3.63, 3.8) is 0 Å². The van der Waals surface area contributed by atoms with Crippen molar-refractivity contribution in [2.75, 3.05) is 6.26 Å². The smallest absolute Gasteiger partial charge is 0.306 e. The lowest BCUT2D eigenvalue weighted by Gasteiger charge is -2.14. The van der Waals surface area contributed by atoms with Crippen LogP contribution in [0, 0.1) is 10.1 Å². The number of imidazole rings is 1. The lowest BCUT2D eigenvalue weighted by atomic mass is 10.00. The van der Waals surface area contributed by atoms with E-state index in [0.717, 1.165) is 39.0 Å². The Kier molecular flexibility index (Phi) is 5.16. The van der Waals surface area contributed by atoms with Crippen molar-refractivity contribution in [2.24, 2.45) is 0 Å². The van der Waals surface area contributed by atoms with Gasteiger partial charge >= 0.3 is 10.1 Å². The number of para-hydroxylation sites is 1. The van der Waals surface area contributed by atoms with E-state index in [2.05, 4.69) is 0 Å². The van der Waals surface area contributed by atoms with E-state index in [0.29, 0.717) is 11.3 Å². The third-order valence-electron chi connectivity index (χ3n) is 6.20. The maximum Gasteiger partial charge on any atom is 0.306 e. The first kappa shape index (κ1) is 22.7. The molecule has 37 heavy (non-hydrogen) atoms. The number of rotatable bonds is 5. The quantitative estimate of drug-likeness (QED) is 0.118. The summed E-state index contributed by atoms with van der Waals surface area (Å²) < 4.78 is 31.4. The van der Waals surface area contributed by atoms with Gasteiger partial charge in [-0.15, -0.1) is 0 Å². The highest BCUT2D eigenvalue weighted by Gasteiger charge is 2.25. The van der Waals surface area contributed by atoms with Crippen LogP contribution >= 0.6 is 0 Å². The largest absolute Gasteiger partial charge is 0.382 e. The second-order valence-electron chi connectivity index (χ2n) is 8.62. The van der Waals surface area contributed by atoms with E-state index >= 15 is 0 Å². The van der Waals surface area contributed by atoms with Crippen molar-refractivity contribution in [2.45, 2.75) is 0 Å². The molecule has 0 aliphatic heterocycles. The third-order valence-corrected chi connectivity index (χ3v) is 6.68. The van der Waals surface area contributed by atoms with Crippen LogP contribution in [0.2, 0.25) is 0 Å². The highest BCUT2D eigenvalue weighted by Crippen LogP contribution is 2.42. The molecule has 0 bridgehead atoms. The predicted octanol–water partition coefficient (Wildman–Crippen LogP) is 6.25. The zero-order valence-corrected chi connectivity index (χ0v) is 20.3. The minimum Gasteiger partial charge on any atom is -0.382 e. The molecule has 0 saturated carbocycles. The molecule has 0 aliphatic carbocycles. The molecule has 9 heteroatoms. The number of aromatic nitrogens is 2. The number of hydrogen-bond acceptors (Lipinski definition) is 6. The molecule has 6 aromatic rings. The molecule has 0 atom stereocenters. The van der Waals surface area contributed by atoms with Gasteiger partial charge in [-0.25, -0.2) is 4.98 Å². The van der Waals surface area contributed by atoms with E-state index in [1.807, 2.05) is 83.4 Å². The number of nitro benzene ring substituents is 1. The van der Waals surface area contributed by atoms with Gasteiger partial charge in [0.2, 0.25) is 0 Å². The molecular weight excluding hydrogens is 490 g/mol. The fraction of sp³-hybridized carbons (Fsp3) is 0.0357. The van der Waals surface area contributed by atoms with Gasteiger partial charge in [0.1, 0.15) is 5.82 Å². The lowest BCUT2D eigenvalue weighted by Crippen LogP contribution is -2.08. The van der Waals surface area contributed by atoms with Gasteiger partial charge in [-0.2, -0.15) is 8.42 Å². The summed E-state index contributed by atoms with van der Waals surface area (Å²) in [7, 11) is -3.92. The van der Waals surface area contributed by atoms with Crippen molar-refractivity contribution in [3.05, 3.63) is 107 Å². The molecule has 0 aliphatic rings. The van der Waals surface area contributed by atoms with Crippen LogP contribution in [-0.4, -0.2) is 29.1 Å². The number of nitrogens with zero attached hydrogens (tertiary/aromatic N) is 3. The summed E-state index contributed by atoms with van der Waals surface area (Å²) in [5.41, 5.74) is 2.22. The first-order valence-corrected chi connectivity index (χ1v) is 13.2. The first-order valence-electron chi connectivity index (χ1n) is 11.4. The van der Waals surface area contributed by atoms with Gasteiger partial charge in [0.05, 0.1) is 27.8 Å². The fourth-order valence-corrected chi connectivity index (χ4v) is 5.23. The average molecular weight is 510 g/mol. The standard InChI is InChI=1S/C28H19N3O5S/c1-37(34,35)36-25-16-15-19(31(32)33)17-24(25)28-29-26-22-13-7-5-11-20(22)21-12-6-8-14-23(21)27(26)30(28)18-9-3-2-4-10-18/h2-17H,1H3. The van der Waals surface area contributed by atoms with Gasteiger partial charge in [-0.1, -0.05) is 66.7 Å². The minimum absolute atomic E-state index is 0.0470. The Balaban J connectivity index is 1.84. The van der Waals surface area contributed by atoms with Crippen molar-refractivity contribution in [1.29, 1.82) is 0 Å². The van der Waals surface area contributed by atoms with Crippen molar-refractivity contribution < 1.29 is 17.5 Å². The van der Waals surface area contributed by atoms with E-state index in [1.165, 1.54) is 18.2 Å². The first-order chi connectivity index (χ1) is 17.8. The normalized spacial score (nSPS) is 11.8. The summed E-state index contributed by atoms with van der Waals surface area (Å²) >= 11 is 0. The van der Waals surface area contributed by atoms with Gasteiger partial charge in [0, 0.05) is 28.6 Å². The maximum absolute atomic E-state index is 12.1. The number of benzene rings is 5. The second kappa shape index (κ2) is 8.42. The molecule has 0 amide bonds. The zero-order chi connectivity index (χ0) is 25.7. The van der Waals surface area contributed by atoms with Gasteiger partial charge in [0.15, 0.2) is 5.75 Å². The fourth-order valence-electron chi connectivity index (χ4n) is 4.76. The molecule has 0 unspecified atom stereocenters. The summed E-state index contributed by atoms with van der Waals surface area (Å²) in [6.45, 7) is 0. The molecule has 0 N–H and O–H groups in total. The van der Waals surface area contributed by atoms with Crippen LogP contribution in [-0.2, 0) is 10.1 Å². The Bertz CT molecular complexity index is 1970. The molecule has 1 aromatic heterocycles. The van der Waals surface area contributed by atoms with Gasteiger partial charge in [0.25, 0.3) is 5.69 Å². The maximum atomic E-state index is 12.1. The van der Waals surface area contributed by atoms with Crippen LogP contribution in [0.25, 0.3) is 49.7 Å². The number of fused-ring (bicyclic) bond motifs is 6. The van der Waals surface area contributed by atoms with E-state index in [4.69, 9.17) is 9.17 Å². The highest BCUT2D eigenvalue weighted by molar-refractivity contribution is 7.86. The number of non-ortho nitro benzene ring substituents is 1. The van der Waals surface area contributed by atoms with E-state index in [-0.39, 0.29) is 17.0 Å². The molecule has 8 nitrogen and oxygen atoms in total. The molecule has 182 valence electrons. The SMILES string of the molecule is CS(=O)(=O)Oc1ccc([N+](=O)[O-])cc1-c1nc2c3ccccc3c3ccccc3c2n1-c1ccccc1. The summed E-state index contributed by atoms with van der Waals surface area (Å²) in [6, 6.07) is 29.2. The molecule has 0 fully saturated rings. The monoisotopic (exact) mass is 509 g/mol. The van der Waals surface area contributed by atoms with Gasteiger partial charge in [-0.05, 0) is 29.0 Å². The second-order valence-corrected chi connectivity index (χ2v) is 10.2. The summed E-state index contributed by atoms with van der Waals surface area (Å²) in [4.78, 5) is 16.1. The topological polar surface area (TPSA) is 104 Å². The molecule has 0 radical (unpaired) electrons. The molecule has 5 aromatic carbocycles. The Hall–Kier alpha value is -4.76. The molecular formula is C28H19N3O5S. The third kappa shape index (κ3) is 3.85. The van der Waals surface area contributed by atoms with Gasteiger partial charge in [-0.3, -0.25) is 14.7 Å². The van der Waals surface area contributed by atoms with Crippen LogP contribution in [0.1, 0.15) is 0 Å². The van der Waals surface area contributed by atoms with Crippen molar-refractivity contribution >= 4 is 48.4 Å². The summed E-state index contributed by atoms with van der Waals surface area (Å²) in [5.74, 6) is 0.277. The van der Waals surface area contributed by atoms with Crippen LogP contribution in [0.3, 0.4) is 0 Å². The van der Waals surface area contributed by atoms with Crippen LogP contribution < -0.4 is 4.18 Å². The molecule has 0 spiro atoms. The Morgan fingerprint density at radius 1 is 0.811 bits per heavy atom. The predicted molar refractivity (Wildman–Crippen MR) is 144 cm³/mol. The number of nitro groups is 1. The van der Waals surface area contributed by atoms with Crippen LogP contribution in [0.15, 0.2) is 97.1 Å². The highest BCUT2D eigenvalue weighted by atomic mass is 32.2. The van der Waals surface area contributed by atoms with Crippen LogP contribution in [0.5, 0.6) is 5.75 Å². The van der Waals surface area contributed by atoms with Crippen molar-refractivity contribution in [3.8, 4) is 22.8 Å². The Morgan fingerprint density at radius 2 is 1.41 bits per heavy atom. The van der Waals surface area contributed by atoms with E-state index in [9.17, 15) is 18.5 Å². The minimum atomic E-state index is -3.92. The van der Waals surface area contributed by atoms with E-state index < -0.39 is 15.0 Å². The molecule has 0 saturated heterocycles. The summed E-state index contributed by atoms with van der Waals surface area (Å²) in [6.07, 6.45) is 0.930. The van der Waals surface area contributed by atoms with E-state index in [1.54, 1.807) is 0 Å². The van der Waals surface area contributed by atoms with Gasteiger partial charge < -0.3 is 4.18 Å². The lowest BCUT2D eigenvalue weighted by molar-refractivity contribution is -0.384. The van der Waals surface area contributed by atoms with Crippen LogP contribution in [0.4, 0.5) is 5.69 Å². The average Bonchev–Trinajstić information content (AvgIpc) is 3.29. The molecule has 1 heterocycles. The Morgan fingerprint density at radius 3 is 2.05 bits per heavy atom. The zero-order valence-electron chi connectivity index (χ0n) is 19.5. The molecule has 6 rings (SSSR count).